The van der Waals surface area contributed by atoms with E-state index in [1.165, 1.54) is 0 Å². The highest BCUT2D eigenvalue weighted by Gasteiger charge is 2.30. The number of likely N-dealkylation sites (tertiary alicyclic amines) is 1. The van der Waals surface area contributed by atoms with Crippen molar-refractivity contribution in [1.82, 2.24) is 15.1 Å². The predicted octanol–water partition coefficient (Wildman–Crippen LogP) is 4.25. The molecule has 2 aliphatic rings. The molecule has 2 fully saturated rings. The van der Waals surface area contributed by atoms with Gasteiger partial charge >= 0.3 is 0 Å². The first-order chi connectivity index (χ1) is 16.7. The van der Waals surface area contributed by atoms with E-state index in [2.05, 4.69) is 61.0 Å². The van der Waals surface area contributed by atoms with Gasteiger partial charge in [0.1, 0.15) is 6.04 Å². The molecule has 1 unspecified atom stereocenters. The molecule has 4 heterocycles. The van der Waals surface area contributed by atoms with Crippen molar-refractivity contribution in [3.8, 4) is 11.3 Å². The molecule has 6 rings (SSSR count). The maximum Gasteiger partial charge on any atom is 0.246 e. The summed E-state index contributed by atoms with van der Waals surface area (Å²) in [5, 5.41) is 25.4. The first-order valence-corrected chi connectivity index (χ1v) is 12.7. The van der Waals surface area contributed by atoms with Gasteiger partial charge in [0.15, 0.2) is 0 Å². The topological polar surface area (TPSA) is 84.5 Å². The number of hydrogen-bond acceptors (Lipinski definition) is 6. The Balaban J connectivity index is 1.25. The number of aliphatic hydroxyl groups excluding tert-OH is 1. The molecule has 8 heteroatoms. The number of fused-ring (bicyclic) bond motifs is 1. The highest BCUT2D eigenvalue weighted by atomic mass is 32.1. The maximum absolute atomic E-state index is 13.4. The van der Waals surface area contributed by atoms with Crippen LogP contribution < -0.4 is 10.2 Å². The first kappa shape index (κ1) is 21.3. The molecular weight excluding hydrogens is 446 g/mol. The Morgan fingerprint density at radius 1 is 1.12 bits per heavy atom. The lowest BCUT2D eigenvalue weighted by Gasteiger charge is -2.37. The van der Waals surface area contributed by atoms with Gasteiger partial charge in [-0.2, -0.15) is 16.4 Å². The summed E-state index contributed by atoms with van der Waals surface area (Å²) in [5.41, 5.74) is 5.72. The summed E-state index contributed by atoms with van der Waals surface area (Å²) >= 11 is 1.63. The van der Waals surface area contributed by atoms with Crippen LogP contribution in [0.4, 0.5) is 11.4 Å². The Morgan fingerprint density at radius 2 is 1.91 bits per heavy atom. The lowest BCUT2D eigenvalue weighted by Crippen LogP contribution is -2.50. The van der Waals surface area contributed by atoms with E-state index >= 15 is 0 Å². The second kappa shape index (κ2) is 8.87. The molecule has 4 aromatic rings. The van der Waals surface area contributed by atoms with E-state index in [0.29, 0.717) is 13.1 Å². The number of benzene rings is 2. The Hall–Kier alpha value is -3.20. The van der Waals surface area contributed by atoms with E-state index in [1.54, 1.807) is 11.3 Å². The third-order valence-electron chi connectivity index (χ3n) is 6.81. The van der Waals surface area contributed by atoms with Gasteiger partial charge in [0.25, 0.3) is 0 Å². The van der Waals surface area contributed by atoms with Crippen molar-refractivity contribution in [3.05, 3.63) is 64.9 Å². The van der Waals surface area contributed by atoms with Crippen molar-refractivity contribution >= 4 is 39.5 Å². The van der Waals surface area contributed by atoms with Crippen LogP contribution in [-0.2, 0) is 4.79 Å². The van der Waals surface area contributed by atoms with E-state index < -0.39 is 0 Å². The summed E-state index contributed by atoms with van der Waals surface area (Å²) in [6.45, 7) is 3.26. The number of aromatic nitrogens is 2. The standard InChI is InChI=1S/C26H27N5O2S/c32-21-14-31(15-21)20-6-3-17(4-7-20)24-22-13-19(5-8-23(22)28-29-24)27-26(33)25(18-9-12-34-16-18)30-10-1-2-11-30/h3-9,12-13,16,21,25,32H,1-2,10-11,14-15H2,(H,27,33)(H,28,29). The maximum atomic E-state index is 13.4. The summed E-state index contributed by atoms with van der Waals surface area (Å²) in [7, 11) is 0. The zero-order chi connectivity index (χ0) is 23.1. The summed E-state index contributed by atoms with van der Waals surface area (Å²) < 4.78 is 0. The van der Waals surface area contributed by atoms with Gasteiger partial charge in [0.05, 0.1) is 17.3 Å². The Morgan fingerprint density at radius 3 is 2.62 bits per heavy atom. The van der Waals surface area contributed by atoms with Gasteiger partial charge in [-0.05, 0) is 78.7 Å². The minimum absolute atomic E-state index is 0.00536. The van der Waals surface area contributed by atoms with E-state index in [9.17, 15) is 9.90 Å². The largest absolute Gasteiger partial charge is 0.389 e. The molecule has 2 aromatic heterocycles. The Labute approximate surface area is 202 Å². The molecule has 2 aliphatic heterocycles. The highest BCUT2D eigenvalue weighted by Crippen LogP contribution is 2.32. The second-order valence-corrected chi connectivity index (χ2v) is 9.91. The number of nitrogens with one attached hydrogen (secondary N) is 2. The molecule has 1 atom stereocenters. The number of nitrogens with zero attached hydrogens (tertiary/aromatic N) is 3. The van der Waals surface area contributed by atoms with Gasteiger partial charge in [-0.3, -0.25) is 14.8 Å². The predicted molar refractivity (Wildman–Crippen MR) is 136 cm³/mol. The number of aliphatic hydroxyl groups is 1. The third-order valence-corrected chi connectivity index (χ3v) is 7.51. The van der Waals surface area contributed by atoms with Crippen LogP contribution in [0.1, 0.15) is 24.4 Å². The van der Waals surface area contributed by atoms with Crippen LogP contribution in [0.3, 0.4) is 0 Å². The lowest BCUT2D eigenvalue weighted by atomic mass is 10.0. The quantitative estimate of drug-likeness (QED) is 0.390. The molecule has 0 radical (unpaired) electrons. The monoisotopic (exact) mass is 473 g/mol. The fourth-order valence-electron chi connectivity index (χ4n) is 4.98. The number of thiophene rings is 1. The average molecular weight is 474 g/mol. The molecule has 0 saturated carbocycles. The zero-order valence-electron chi connectivity index (χ0n) is 18.8. The van der Waals surface area contributed by atoms with Crippen LogP contribution >= 0.6 is 11.3 Å². The van der Waals surface area contributed by atoms with E-state index in [-0.39, 0.29) is 18.1 Å². The molecule has 0 aliphatic carbocycles. The summed E-state index contributed by atoms with van der Waals surface area (Å²) in [4.78, 5) is 17.8. The van der Waals surface area contributed by atoms with Gasteiger partial charge in [0, 0.05) is 35.4 Å². The number of carbonyl (C=O) groups excluding carboxylic acids is 1. The van der Waals surface area contributed by atoms with Gasteiger partial charge < -0.3 is 15.3 Å². The number of β-amino-alcohol motifs (C(OH)–C–C–N with tert-alkyl or cyclic N) is 1. The number of H-pyrrole nitrogens is 1. The van der Waals surface area contributed by atoms with Crippen LogP contribution in [0, 0.1) is 0 Å². The van der Waals surface area contributed by atoms with Crippen molar-refractivity contribution in [2.75, 3.05) is 36.4 Å². The molecular formula is C26H27N5O2S. The Bertz CT molecular complexity index is 1290. The molecule has 0 bridgehead atoms. The SMILES string of the molecule is O=C(Nc1ccc2[nH]nc(-c3ccc(N4CC(O)C4)cc3)c2c1)C(c1ccsc1)N1CCCC1. The molecule has 0 spiro atoms. The first-order valence-electron chi connectivity index (χ1n) is 11.7. The van der Waals surface area contributed by atoms with Crippen LogP contribution in [0.5, 0.6) is 0 Å². The van der Waals surface area contributed by atoms with E-state index in [0.717, 1.165) is 65.0 Å². The van der Waals surface area contributed by atoms with Crippen molar-refractivity contribution in [2.24, 2.45) is 0 Å². The highest BCUT2D eigenvalue weighted by molar-refractivity contribution is 7.08. The minimum Gasteiger partial charge on any atom is -0.389 e. The van der Waals surface area contributed by atoms with Gasteiger partial charge in [-0.25, -0.2) is 0 Å². The molecule has 3 N–H and O–H groups in total. The third kappa shape index (κ3) is 3.98. The molecule has 1 amide bonds. The average Bonchev–Trinajstić information content (AvgIpc) is 3.60. The molecule has 174 valence electrons. The smallest absolute Gasteiger partial charge is 0.246 e. The minimum atomic E-state index is -0.263. The fraction of sp³-hybridized carbons (Fsp3) is 0.308. The molecule has 2 aromatic carbocycles. The van der Waals surface area contributed by atoms with Crippen molar-refractivity contribution in [1.29, 1.82) is 0 Å². The van der Waals surface area contributed by atoms with Crippen molar-refractivity contribution in [2.45, 2.75) is 25.0 Å². The molecule has 7 nitrogen and oxygen atoms in total. The normalized spacial score (nSPS) is 17.7. The van der Waals surface area contributed by atoms with Crippen molar-refractivity contribution in [3.63, 3.8) is 0 Å². The van der Waals surface area contributed by atoms with E-state index in [1.807, 2.05) is 23.6 Å². The van der Waals surface area contributed by atoms with Crippen LogP contribution in [0.15, 0.2) is 59.3 Å². The summed E-state index contributed by atoms with van der Waals surface area (Å²) in [6, 6.07) is 15.9. The van der Waals surface area contributed by atoms with Crippen LogP contribution in [-0.4, -0.2) is 58.4 Å². The molecule has 2 saturated heterocycles. The van der Waals surface area contributed by atoms with Crippen molar-refractivity contribution < 1.29 is 9.90 Å². The number of anilines is 2. The van der Waals surface area contributed by atoms with Gasteiger partial charge in [0.2, 0.25) is 5.91 Å². The Kier molecular flexibility index (Phi) is 5.57. The summed E-state index contributed by atoms with van der Waals surface area (Å²) in [6.07, 6.45) is 2.04. The fourth-order valence-corrected chi connectivity index (χ4v) is 5.66. The number of amides is 1. The lowest BCUT2D eigenvalue weighted by molar-refractivity contribution is -0.121. The van der Waals surface area contributed by atoms with E-state index in [4.69, 9.17) is 0 Å². The second-order valence-electron chi connectivity index (χ2n) is 9.13. The number of hydrogen-bond donors (Lipinski definition) is 3. The van der Waals surface area contributed by atoms with Crippen LogP contribution in [0.2, 0.25) is 0 Å². The zero-order valence-corrected chi connectivity index (χ0v) is 19.6. The van der Waals surface area contributed by atoms with Gasteiger partial charge in [-0.15, -0.1) is 0 Å². The number of carbonyl (C=O) groups is 1. The molecule has 34 heavy (non-hydrogen) atoms. The summed E-state index contributed by atoms with van der Waals surface area (Å²) in [5.74, 6) is 0.00536. The van der Waals surface area contributed by atoms with Gasteiger partial charge in [-0.1, -0.05) is 12.1 Å². The number of rotatable bonds is 6. The van der Waals surface area contributed by atoms with Crippen LogP contribution in [0.25, 0.3) is 22.2 Å². The number of aromatic amines is 1.